The van der Waals surface area contributed by atoms with Crippen molar-refractivity contribution >= 4 is 17.5 Å². The van der Waals surface area contributed by atoms with E-state index in [9.17, 15) is 9.59 Å². The molecule has 0 atom stereocenters. The van der Waals surface area contributed by atoms with Crippen molar-refractivity contribution in [1.29, 1.82) is 5.26 Å². The van der Waals surface area contributed by atoms with Gasteiger partial charge in [-0.1, -0.05) is 18.2 Å². The zero-order valence-electron chi connectivity index (χ0n) is 14.1. The van der Waals surface area contributed by atoms with Gasteiger partial charge in [-0.05, 0) is 42.3 Å². The molecule has 0 radical (unpaired) electrons. The molecular weight excluding hydrogens is 314 g/mol. The number of benzene rings is 2. The molecule has 2 amide bonds. The Morgan fingerprint density at radius 3 is 2.64 bits per heavy atom. The lowest BCUT2D eigenvalue weighted by Gasteiger charge is -2.20. The number of nitrogens with zero attached hydrogens (tertiary/aromatic N) is 3. The minimum absolute atomic E-state index is 0.0992. The van der Waals surface area contributed by atoms with Gasteiger partial charge in [-0.3, -0.25) is 9.59 Å². The Kier molecular flexibility index (Phi) is 4.80. The maximum absolute atomic E-state index is 12.7. The summed E-state index contributed by atoms with van der Waals surface area (Å²) < 4.78 is 0. The van der Waals surface area contributed by atoms with Crippen LogP contribution >= 0.6 is 0 Å². The molecule has 5 nitrogen and oxygen atoms in total. The molecule has 1 aliphatic rings. The Morgan fingerprint density at radius 2 is 2.00 bits per heavy atom. The van der Waals surface area contributed by atoms with Crippen molar-refractivity contribution in [2.75, 3.05) is 18.5 Å². The van der Waals surface area contributed by atoms with E-state index in [1.165, 1.54) is 0 Å². The van der Waals surface area contributed by atoms with Gasteiger partial charge in [0, 0.05) is 37.8 Å². The molecule has 0 spiro atoms. The number of carbonyl (C=O) groups is 2. The van der Waals surface area contributed by atoms with Crippen LogP contribution in [0.15, 0.2) is 48.5 Å². The average molecular weight is 333 g/mol. The molecule has 25 heavy (non-hydrogen) atoms. The predicted molar refractivity (Wildman–Crippen MR) is 95.0 cm³/mol. The molecule has 0 aliphatic carbocycles. The second kappa shape index (κ2) is 7.18. The minimum atomic E-state index is -0.0992. The molecule has 1 saturated heterocycles. The van der Waals surface area contributed by atoms with Crippen LogP contribution < -0.4 is 4.90 Å². The van der Waals surface area contributed by atoms with Gasteiger partial charge >= 0.3 is 0 Å². The van der Waals surface area contributed by atoms with Crippen molar-refractivity contribution in [3.05, 3.63) is 65.2 Å². The second-order valence-corrected chi connectivity index (χ2v) is 6.17. The fourth-order valence-corrected chi connectivity index (χ4v) is 2.98. The highest BCUT2D eigenvalue weighted by Gasteiger charge is 2.22. The molecule has 1 fully saturated rings. The molecule has 0 bridgehead atoms. The summed E-state index contributed by atoms with van der Waals surface area (Å²) in [7, 11) is 1.74. The van der Waals surface area contributed by atoms with Gasteiger partial charge in [0.25, 0.3) is 5.91 Å². The van der Waals surface area contributed by atoms with Crippen LogP contribution in [0.25, 0.3) is 0 Å². The number of anilines is 1. The monoisotopic (exact) mass is 333 g/mol. The first-order valence-corrected chi connectivity index (χ1v) is 8.23. The number of hydrogen-bond donors (Lipinski definition) is 0. The van der Waals surface area contributed by atoms with Gasteiger partial charge in [-0.2, -0.15) is 5.26 Å². The fraction of sp³-hybridized carbons (Fsp3) is 0.250. The molecule has 0 N–H and O–H groups in total. The van der Waals surface area contributed by atoms with Gasteiger partial charge in [0.1, 0.15) is 0 Å². The Morgan fingerprint density at radius 1 is 1.24 bits per heavy atom. The average Bonchev–Trinajstić information content (AvgIpc) is 3.08. The maximum atomic E-state index is 12.7. The zero-order valence-corrected chi connectivity index (χ0v) is 14.1. The number of hydrogen-bond acceptors (Lipinski definition) is 3. The molecule has 0 unspecified atom stereocenters. The lowest BCUT2D eigenvalue weighted by Crippen LogP contribution is -2.27. The minimum Gasteiger partial charge on any atom is -0.337 e. The molecule has 0 saturated carbocycles. The van der Waals surface area contributed by atoms with Crippen LogP contribution in [0.1, 0.15) is 34.3 Å². The van der Waals surface area contributed by atoms with E-state index in [2.05, 4.69) is 6.07 Å². The standard InChI is InChI=1S/C20H19N3O2/c1-22(14-16-9-7-15(13-21)8-10-16)20(25)17-4-2-5-18(12-17)23-11-3-6-19(23)24/h2,4-5,7-10,12H,3,6,11,14H2,1H3. The SMILES string of the molecule is CN(Cc1ccc(C#N)cc1)C(=O)c1cccc(N2CCCC2=O)c1. The van der Waals surface area contributed by atoms with E-state index in [1.807, 2.05) is 24.3 Å². The first kappa shape index (κ1) is 16.7. The van der Waals surface area contributed by atoms with Crippen LogP contribution in [0.3, 0.4) is 0 Å². The summed E-state index contributed by atoms with van der Waals surface area (Å²) in [4.78, 5) is 27.9. The van der Waals surface area contributed by atoms with Crippen LogP contribution in [0.4, 0.5) is 5.69 Å². The first-order chi connectivity index (χ1) is 12.1. The third-order valence-electron chi connectivity index (χ3n) is 4.33. The van der Waals surface area contributed by atoms with Gasteiger partial charge in [0.05, 0.1) is 11.6 Å². The Hall–Kier alpha value is -3.13. The summed E-state index contributed by atoms with van der Waals surface area (Å²) in [5.74, 6) is 0.00777. The fourth-order valence-electron chi connectivity index (χ4n) is 2.98. The van der Waals surface area contributed by atoms with Crippen molar-refractivity contribution in [3.63, 3.8) is 0 Å². The molecule has 126 valence electrons. The van der Waals surface area contributed by atoms with Gasteiger partial charge in [0.15, 0.2) is 0 Å². The lowest BCUT2D eigenvalue weighted by molar-refractivity contribution is -0.117. The van der Waals surface area contributed by atoms with Crippen LogP contribution in [0, 0.1) is 11.3 Å². The first-order valence-electron chi connectivity index (χ1n) is 8.23. The van der Waals surface area contributed by atoms with Crippen molar-refractivity contribution in [2.45, 2.75) is 19.4 Å². The summed E-state index contributed by atoms with van der Waals surface area (Å²) in [6.45, 7) is 1.16. The largest absolute Gasteiger partial charge is 0.337 e. The second-order valence-electron chi connectivity index (χ2n) is 6.17. The van der Waals surface area contributed by atoms with Gasteiger partial charge in [-0.25, -0.2) is 0 Å². The molecule has 1 aliphatic heterocycles. The molecule has 1 heterocycles. The van der Waals surface area contributed by atoms with Crippen LogP contribution in [0.5, 0.6) is 0 Å². The van der Waals surface area contributed by atoms with Gasteiger partial charge < -0.3 is 9.80 Å². The number of amides is 2. The summed E-state index contributed by atoms with van der Waals surface area (Å²) >= 11 is 0. The Balaban J connectivity index is 1.73. The van der Waals surface area contributed by atoms with E-state index < -0.39 is 0 Å². The zero-order chi connectivity index (χ0) is 17.8. The molecule has 2 aromatic rings. The topological polar surface area (TPSA) is 64.4 Å². The highest BCUT2D eigenvalue weighted by Crippen LogP contribution is 2.23. The van der Waals surface area contributed by atoms with E-state index in [-0.39, 0.29) is 11.8 Å². The van der Waals surface area contributed by atoms with E-state index >= 15 is 0 Å². The molecule has 3 rings (SSSR count). The van der Waals surface area contributed by atoms with E-state index in [1.54, 1.807) is 41.1 Å². The van der Waals surface area contributed by atoms with Crippen LogP contribution in [0.2, 0.25) is 0 Å². The quantitative estimate of drug-likeness (QED) is 0.864. The van der Waals surface area contributed by atoms with Gasteiger partial charge in [0.2, 0.25) is 5.91 Å². The smallest absolute Gasteiger partial charge is 0.253 e. The highest BCUT2D eigenvalue weighted by atomic mass is 16.2. The summed E-state index contributed by atoms with van der Waals surface area (Å²) in [6, 6.07) is 16.5. The van der Waals surface area contributed by atoms with Crippen LogP contribution in [-0.4, -0.2) is 30.3 Å². The Labute approximate surface area is 147 Å². The maximum Gasteiger partial charge on any atom is 0.253 e. The Bertz CT molecular complexity index is 837. The summed E-state index contributed by atoms with van der Waals surface area (Å²) in [6.07, 6.45) is 1.42. The predicted octanol–water partition coefficient (Wildman–Crippen LogP) is 2.96. The number of nitriles is 1. The van der Waals surface area contributed by atoms with E-state index in [0.717, 1.165) is 17.7 Å². The molecule has 2 aromatic carbocycles. The third-order valence-corrected chi connectivity index (χ3v) is 4.33. The van der Waals surface area contributed by atoms with Crippen molar-refractivity contribution in [1.82, 2.24) is 4.90 Å². The molecule has 5 heteroatoms. The van der Waals surface area contributed by atoms with Crippen molar-refractivity contribution in [2.24, 2.45) is 0 Å². The highest BCUT2D eigenvalue weighted by molar-refractivity contribution is 5.99. The van der Waals surface area contributed by atoms with E-state index in [0.29, 0.717) is 30.6 Å². The van der Waals surface area contributed by atoms with Gasteiger partial charge in [-0.15, -0.1) is 0 Å². The summed E-state index contributed by atoms with van der Waals surface area (Å²) in [5.41, 5.74) is 2.90. The third kappa shape index (κ3) is 3.69. The lowest BCUT2D eigenvalue weighted by atomic mass is 10.1. The molecule has 0 aromatic heterocycles. The van der Waals surface area contributed by atoms with Crippen molar-refractivity contribution < 1.29 is 9.59 Å². The van der Waals surface area contributed by atoms with Crippen LogP contribution in [-0.2, 0) is 11.3 Å². The molecular formula is C20H19N3O2. The van der Waals surface area contributed by atoms with Crippen molar-refractivity contribution in [3.8, 4) is 6.07 Å². The number of rotatable bonds is 4. The summed E-state index contributed by atoms with van der Waals surface area (Å²) in [5, 5.41) is 8.84. The number of carbonyl (C=O) groups excluding carboxylic acids is 2. The normalized spacial score (nSPS) is 13.6. The van der Waals surface area contributed by atoms with E-state index in [4.69, 9.17) is 5.26 Å².